The smallest absolute Gasteiger partial charge is 0.341 e. The minimum Gasteiger partial charge on any atom is -0.493 e. The molecule has 0 aliphatic carbocycles. The Bertz CT molecular complexity index is 1110. The molecule has 0 spiro atoms. The van der Waals surface area contributed by atoms with Gasteiger partial charge in [-0.15, -0.1) is 0 Å². The minimum absolute atomic E-state index is 0.149. The maximum atomic E-state index is 12.4. The van der Waals surface area contributed by atoms with Crippen molar-refractivity contribution in [3.05, 3.63) is 41.6 Å². The van der Waals surface area contributed by atoms with Crippen molar-refractivity contribution in [2.75, 3.05) is 21.0 Å². The summed E-state index contributed by atoms with van der Waals surface area (Å²) in [5, 5.41) is 0.768. The van der Waals surface area contributed by atoms with Gasteiger partial charge in [-0.05, 0) is 23.8 Å². The van der Waals surface area contributed by atoms with Gasteiger partial charge in [0.15, 0.2) is 23.0 Å². The molecule has 0 bridgehead atoms. The summed E-state index contributed by atoms with van der Waals surface area (Å²) in [5.41, 5.74) is 3.31. The van der Waals surface area contributed by atoms with Crippen LogP contribution in [0.2, 0.25) is 0 Å². The minimum atomic E-state index is -0.387. The van der Waals surface area contributed by atoms with Crippen LogP contribution >= 0.6 is 0 Å². The van der Waals surface area contributed by atoms with E-state index in [1.807, 2.05) is 24.3 Å². The standard InChI is InChI=1S/C20H15NO6/c1-23-15-6-11-12(7-16(15)24-2)21-13-8-25-20(22)19(13)18(11)10-3-4-14-17(5-10)27-9-26-14/h3-7H,8-9H2,1-2H3. The van der Waals surface area contributed by atoms with Crippen LogP contribution in [0.1, 0.15) is 16.1 Å². The van der Waals surface area contributed by atoms with Crippen LogP contribution in [0.15, 0.2) is 30.3 Å². The maximum absolute atomic E-state index is 12.4. The second kappa shape index (κ2) is 5.77. The summed E-state index contributed by atoms with van der Waals surface area (Å²) < 4.78 is 27.0. The first-order chi connectivity index (χ1) is 13.2. The van der Waals surface area contributed by atoms with E-state index in [1.54, 1.807) is 20.3 Å². The molecular formula is C20H15NO6. The van der Waals surface area contributed by atoms with E-state index in [9.17, 15) is 4.79 Å². The Morgan fingerprint density at radius 1 is 0.926 bits per heavy atom. The molecule has 7 nitrogen and oxygen atoms in total. The van der Waals surface area contributed by atoms with Gasteiger partial charge in [0.1, 0.15) is 6.61 Å². The topological polar surface area (TPSA) is 76.1 Å². The van der Waals surface area contributed by atoms with Crippen LogP contribution < -0.4 is 18.9 Å². The summed E-state index contributed by atoms with van der Waals surface area (Å²) in [4.78, 5) is 17.1. The van der Waals surface area contributed by atoms with E-state index in [0.717, 1.165) is 16.5 Å². The van der Waals surface area contributed by atoms with Gasteiger partial charge in [-0.3, -0.25) is 0 Å². The first-order valence-electron chi connectivity index (χ1n) is 8.35. The van der Waals surface area contributed by atoms with Crippen LogP contribution in [-0.2, 0) is 11.3 Å². The van der Waals surface area contributed by atoms with Gasteiger partial charge in [-0.1, -0.05) is 6.07 Å². The molecule has 0 saturated carbocycles. The number of methoxy groups -OCH3 is 2. The quantitative estimate of drug-likeness (QED) is 0.659. The van der Waals surface area contributed by atoms with Crippen molar-refractivity contribution in [1.82, 2.24) is 4.98 Å². The largest absolute Gasteiger partial charge is 0.493 e. The van der Waals surface area contributed by atoms with Gasteiger partial charge in [-0.2, -0.15) is 0 Å². The molecule has 3 aromatic rings. The lowest BCUT2D eigenvalue weighted by Crippen LogP contribution is -2.01. The van der Waals surface area contributed by atoms with Crippen LogP contribution in [0.25, 0.3) is 22.0 Å². The summed E-state index contributed by atoms with van der Waals surface area (Å²) in [7, 11) is 3.14. The first kappa shape index (κ1) is 15.7. The summed E-state index contributed by atoms with van der Waals surface area (Å²) >= 11 is 0. The van der Waals surface area contributed by atoms with Gasteiger partial charge < -0.3 is 23.7 Å². The Balaban J connectivity index is 1.86. The molecule has 0 fully saturated rings. The summed E-state index contributed by atoms with van der Waals surface area (Å²) in [6, 6.07) is 9.21. The van der Waals surface area contributed by atoms with Crippen LogP contribution in [0, 0.1) is 0 Å². The fraction of sp³-hybridized carbons (Fsp3) is 0.200. The lowest BCUT2D eigenvalue weighted by atomic mass is 9.94. The number of nitrogens with zero attached hydrogens (tertiary/aromatic N) is 1. The molecule has 0 unspecified atom stereocenters. The number of aromatic nitrogens is 1. The number of fused-ring (bicyclic) bond motifs is 3. The number of hydrogen-bond acceptors (Lipinski definition) is 7. The number of hydrogen-bond donors (Lipinski definition) is 0. The van der Waals surface area contributed by atoms with E-state index < -0.39 is 0 Å². The predicted octanol–water partition coefficient (Wildman–Crippen LogP) is 3.32. The molecular weight excluding hydrogens is 350 g/mol. The molecule has 27 heavy (non-hydrogen) atoms. The molecule has 1 aromatic heterocycles. The molecule has 7 heteroatoms. The monoisotopic (exact) mass is 365 g/mol. The van der Waals surface area contributed by atoms with Crippen molar-refractivity contribution in [2.24, 2.45) is 0 Å². The SMILES string of the molecule is COc1cc2nc3c(c(-c4ccc5c(c4)OCO5)c2cc1OC)C(=O)OC3. The van der Waals surface area contributed by atoms with Gasteiger partial charge in [0, 0.05) is 17.0 Å². The number of pyridine rings is 1. The van der Waals surface area contributed by atoms with Crippen molar-refractivity contribution < 1.29 is 28.5 Å². The lowest BCUT2D eigenvalue weighted by molar-refractivity contribution is 0.0534. The van der Waals surface area contributed by atoms with Gasteiger partial charge in [-0.25, -0.2) is 9.78 Å². The third-order valence-electron chi connectivity index (χ3n) is 4.77. The molecule has 2 aromatic carbocycles. The van der Waals surface area contributed by atoms with Crippen molar-refractivity contribution in [2.45, 2.75) is 6.61 Å². The number of ether oxygens (including phenoxy) is 5. The molecule has 0 radical (unpaired) electrons. The Morgan fingerprint density at radius 3 is 2.52 bits per heavy atom. The fourth-order valence-electron chi connectivity index (χ4n) is 3.52. The highest BCUT2D eigenvalue weighted by molar-refractivity contribution is 6.09. The molecule has 136 valence electrons. The number of esters is 1. The number of carbonyl (C=O) groups excluding carboxylic acids is 1. The zero-order chi connectivity index (χ0) is 18.5. The second-order valence-corrected chi connectivity index (χ2v) is 6.18. The fourth-order valence-corrected chi connectivity index (χ4v) is 3.52. The van der Waals surface area contributed by atoms with Crippen LogP contribution in [0.4, 0.5) is 0 Å². The Hall–Kier alpha value is -3.48. The van der Waals surface area contributed by atoms with E-state index >= 15 is 0 Å². The van der Waals surface area contributed by atoms with Crippen LogP contribution in [-0.4, -0.2) is 32.0 Å². The van der Waals surface area contributed by atoms with E-state index in [4.69, 9.17) is 23.7 Å². The van der Waals surface area contributed by atoms with Gasteiger partial charge >= 0.3 is 5.97 Å². The molecule has 0 amide bonds. The number of rotatable bonds is 3. The molecule has 0 saturated heterocycles. The highest BCUT2D eigenvalue weighted by Gasteiger charge is 2.30. The van der Waals surface area contributed by atoms with Crippen LogP contribution in [0.3, 0.4) is 0 Å². The average Bonchev–Trinajstić information content (AvgIpc) is 3.31. The summed E-state index contributed by atoms with van der Waals surface area (Å²) in [5.74, 6) is 2.05. The van der Waals surface area contributed by atoms with Crippen molar-refractivity contribution in [3.8, 4) is 34.1 Å². The Morgan fingerprint density at radius 2 is 1.70 bits per heavy atom. The third-order valence-corrected chi connectivity index (χ3v) is 4.77. The lowest BCUT2D eigenvalue weighted by Gasteiger charge is -2.14. The third kappa shape index (κ3) is 2.28. The predicted molar refractivity (Wildman–Crippen MR) is 95.5 cm³/mol. The van der Waals surface area contributed by atoms with Gasteiger partial charge in [0.05, 0.1) is 31.0 Å². The van der Waals surface area contributed by atoms with Crippen molar-refractivity contribution in [1.29, 1.82) is 0 Å². The zero-order valence-electron chi connectivity index (χ0n) is 14.7. The van der Waals surface area contributed by atoms with E-state index in [-0.39, 0.29) is 19.4 Å². The Kier molecular flexibility index (Phi) is 3.36. The molecule has 3 heterocycles. The van der Waals surface area contributed by atoms with Crippen molar-refractivity contribution in [3.63, 3.8) is 0 Å². The maximum Gasteiger partial charge on any atom is 0.341 e. The molecule has 0 atom stereocenters. The number of benzene rings is 2. The highest BCUT2D eigenvalue weighted by Crippen LogP contribution is 2.43. The van der Waals surface area contributed by atoms with E-state index in [0.29, 0.717) is 39.8 Å². The normalized spacial score (nSPS) is 14.2. The van der Waals surface area contributed by atoms with E-state index in [1.165, 1.54) is 0 Å². The average molecular weight is 365 g/mol. The Labute approximate surface area is 154 Å². The summed E-state index contributed by atoms with van der Waals surface area (Å²) in [6.07, 6.45) is 0. The van der Waals surface area contributed by atoms with Crippen molar-refractivity contribution >= 4 is 16.9 Å². The number of cyclic esters (lactones) is 1. The zero-order valence-corrected chi connectivity index (χ0v) is 14.7. The van der Waals surface area contributed by atoms with Gasteiger partial charge in [0.25, 0.3) is 0 Å². The van der Waals surface area contributed by atoms with E-state index in [2.05, 4.69) is 4.98 Å². The summed E-state index contributed by atoms with van der Waals surface area (Å²) in [6.45, 7) is 0.330. The first-order valence-corrected chi connectivity index (χ1v) is 8.35. The van der Waals surface area contributed by atoms with Crippen LogP contribution in [0.5, 0.6) is 23.0 Å². The highest BCUT2D eigenvalue weighted by atomic mass is 16.7. The molecule has 2 aliphatic heterocycles. The van der Waals surface area contributed by atoms with Gasteiger partial charge in [0.2, 0.25) is 6.79 Å². The number of carbonyl (C=O) groups is 1. The molecule has 2 aliphatic rings. The second-order valence-electron chi connectivity index (χ2n) is 6.18. The molecule has 5 rings (SSSR count). The molecule has 0 N–H and O–H groups in total.